The summed E-state index contributed by atoms with van der Waals surface area (Å²) in [6, 6.07) is 10.1. The van der Waals surface area contributed by atoms with Gasteiger partial charge in [0.15, 0.2) is 0 Å². The molecule has 4 rings (SSSR count). The van der Waals surface area contributed by atoms with E-state index in [0.717, 1.165) is 36.4 Å². The number of benzene rings is 1. The summed E-state index contributed by atoms with van der Waals surface area (Å²) in [6.45, 7) is 7.85. The predicted molar refractivity (Wildman–Crippen MR) is 115 cm³/mol. The fourth-order valence-electron chi connectivity index (χ4n) is 4.30. The number of piperidine rings is 1. The van der Waals surface area contributed by atoms with Crippen LogP contribution in [0.2, 0.25) is 0 Å². The third kappa shape index (κ3) is 4.16. The molecule has 0 saturated carbocycles. The van der Waals surface area contributed by atoms with E-state index in [1.54, 1.807) is 6.20 Å². The Hall–Kier alpha value is -2.76. The van der Waals surface area contributed by atoms with Gasteiger partial charge in [0, 0.05) is 37.6 Å². The standard InChI is InChI=1S/C23H30N4O2/c1-17(2)16-18(3)27-21(9-13-24-27)25-22(28)26-14-11-23(12-15-26)10-8-19-6-4-5-7-20(19)29-23/h4-10,13,17-18H,11-12,14-16H2,1-3H3,(H,25,28). The second kappa shape index (κ2) is 7.93. The van der Waals surface area contributed by atoms with Gasteiger partial charge in [0.1, 0.15) is 17.2 Å². The van der Waals surface area contributed by atoms with Gasteiger partial charge < -0.3 is 9.64 Å². The van der Waals surface area contributed by atoms with Gasteiger partial charge in [-0.1, -0.05) is 38.1 Å². The summed E-state index contributed by atoms with van der Waals surface area (Å²) in [5.41, 5.74) is 0.806. The number of amides is 2. The van der Waals surface area contributed by atoms with Crippen molar-refractivity contribution < 1.29 is 9.53 Å². The molecule has 1 unspecified atom stereocenters. The van der Waals surface area contributed by atoms with Gasteiger partial charge in [0.2, 0.25) is 0 Å². The summed E-state index contributed by atoms with van der Waals surface area (Å²) in [5, 5.41) is 7.46. The van der Waals surface area contributed by atoms with E-state index < -0.39 is 0 Å². The molecule has 154 valence electrons. The molecule has 3 heterocycles. The van der Waals surface area contributed by atoms with Crippen LogP contribution in [0.1, 0.15) is 51.6 Å². The van der Waals surface area contributed by atoms with Crippen molar-refractivity contribution in [2.24, 2.45) is 5.92 Å². The van der Waals surface area contributed by atoms with Crippen LogP contribution in [0.15, 0.2) is 42.6 Å². The number of fused-ring (bicyclic) bond motifs is 1. The highest BCUT2D eigenvalue weighted by molar-refractivity contribution is 5.88. The van der Waals surface area contributed by atoms with Crippen LogP contribution in [-0.4, -0.2) is 39.4 Å². The van der Waals surface area contributed by atoms with Crippen LogP contribution in [0.4, 0.5) is 10.6 Å². The van der Waals surface area contributed by atoms with Gasteiger partial charge in [-0.15, -0.1) is 0 Å². The normalized spacial score (nSPS) is 18.4. The van der Waals surface area contributed by atoms with Crippen molar-refractivity contribution in [3.63, 3.8) is 0 Å². The number of para-hydroxylation sites is 1. The van der Waals surface area contributed by atoms with Gasteiger partial charge >= 0.3 is 6.03 Å². The fourth-order valence-corrected chi connectivity index (χ4v) is 4.30. The summed E-state index contributed by atoms with van der Waals surface area (Å²) < 4.78 is 8.23. The molecular formula is C23H30N4O2. The van der Waals surface area contributed by atoms with Crippen LogP contribution in [-0.2, 0) is 0 Å². The molecule has 0 bridgehead atoms. The molecule has 6 nitrogen and oxygen atoms in total. The molecule has 1 atom stereocenters. The van der Waals surface area contributed by atoms with E-state index in [0.29, 0.717) is 19.0 Å². The van der Waals surface area contributed by atoms with Crippen molar-refractivity contribution in [1.29, 1.82) is 0 Å². The lowest BCUT2D eigenvalue weighted by atomic mass is 9.88. The maximum absolute atomic E-state index is 12.8. The van der Waals surface area contributed by atoms with Crippen LogP contribution >= 0.6 is 0 Å². The van der Waals surface area contributed by atoms with Crippen molar-refractivity contribution in [3.8, 4) is 5.75 Å². The largest absolute Gasteiger partial charge is 0.482 e. The van der Waals surface area contributed by atoms with Gasteiger partial charge in [-0.25, -0.2) is 9.48 Å². The number of hydrogen-bond donors (Lipinski definition) is 1. The number of urea groups is 1. The molecule has 2 aromatic rings. The SMILES string of the molecule is CC(C)CC(C)n1nccc1NC(=O)N1CCC2(C=Cc3ccccc3O2)CC1. The molecule has 1 N–H and O–H groups in total. The number of carbonyl (C=O) groups excluding carboxylic acids is 1. The average Bonchev–Trinajstić information content (AvgIpc) is 3.16. The molecule has 0 radical (unpaired) electrons. The molecule has 1 fully saturated rings. The third-order valence-electron chi connectivity index (χ3n) is 5.83. The van der Waals surface area contributed by atoms with Gasteiger partial charge in [-0.3, -0.25) is 5.32 Å². The van der Waals surface area contributed by atoms with E-state index in [-0.39, 0.29) is 17.7 Å². The molecule has 29 heavy (non-hydrogen) atoms. The average molecular weight is 395 g/mol. The molecule has 1 aromatic heterocycles. The number of anilines is 1. The van der Waals surface area contributed by atoms with E-state index in [1.165, 1.54) is 0 Å². The zero-order chi connectivity index (χ0) is 20.4. The first kappa shape index (κ1) is 19.6. The molecule has 2 aliphatic rings. The Morgan fingerprint density at radius 3 is 2.72 bits per heavy atom. The number of carbonyl (C=O) groups is 1. The van der Waals surface area contributed by atoms with Crippen LogP contribution in [0.25, 0.3) is 6.08 Å². The first-order chi connectivity index (χ1) is 14.0. The lowest BCUT2D eigenvalue weighted by molar-refractivity contribution is 0.0518. The predicted octanol–water partition coefficient (Wildman–Crippen LogP) is 4.96. The van der Waals surface area contributed by atoms with Crippen LogP contribution in [0, 0.1) is 5.92 Å². The van der Waals surface area contributed by atoms with Gasteiger partial charge in [-0.2, -0.15) is 5.10 Å². The van der Waals surface area contributed by atoms with Crippen molar-refractivity contribution in [3.05, 3.63) is 48.2 Å². The van der Waals surface area contributed by atoms with E-state index in [9.17, 15) is 4.79 Å². The minimum atomic E-state index is -0.307. The summed E-state index contributed by atoms with van der Waals surface area (Å²) in [7, 11) is 0. The number of hydrogen-bond acceptors (Lipinski definition) is 3. The number of aromatic nitrogens is 2. The van der Waals surface area contributed by atoms with Crippen LogP contribution in [0.3, 0.4) is 0 Å². The molecular weight excluding hydrogens is 364 g/mol. The second-order valence-electron chi connectivity index (χ2n) is 8.59. The molecule has 2 amide bonds. The van der Waals surface area contributed by atoms with Gasteiger partial charge in [-0.05, 0) is 31.4 Å². The molecule has 1 spiro atoms. The molecule has 1 aromatic carbocycles. The van der Waals surface area contributed by atoms with E-state index in [4.69, 9.17) is 4.74 Å². The number of rotatable bonds is 4. The third-order valence-corrected chi connectivity index (χ3v) is 5.83. The number of nitrogens with zero attached hydrogens (tertiary/aromatic N) is 3. The lowest BCUT2D eigenvalue weighted by Gasteiger charge is -2.41. The zero-order valence-electron chi connectivity index (χ0n) is 17.5. The topological polar surface area (TPSA) is 59.4 Å². The fraction of sp³-hybridized carbons (Fsp3) is 0.478. The Morgan fingerprint density at radius 1 is 1.21 bits per heavy atom. The quantitative estimate of drug-likeness (QED) is 0.797. The number of likely N-dealkylation sites (tertiary alicyclic amines) is 1. The summed E-state index contributed by atoms with van der Waals surface area (Å²) in [5.74, 6) is 2.26. The van der Waals surface area contributed by atoms with Crippen LogP contribution < -0.4 is 10.1 Å². The Balaban J connectivity index is 1.37. The Morgan fingerprint density at radius 2 is 1.97 bits per heavy atom. The van der Waals surface area contributed by atoms with Gasteiger partial charge in [0.05, 0.1) is 12.2 Å². The number of nitrogens with one attached hydrogen (secondary N) is 1. The highest BCUT2D eigenvalue weighted by Crippen LogP contribution is 2.37. The smallest absolute Gasteiger partial charge is 0.323 e. The summed E-state index contributed by atoms with van der Waals surface area (Å²) >= 11 is 0. The Kier molecular flexibility index (Phi) is 5.35. The molecule has 2 aliphatic heterocycles. The number of ether oxygens (including phenoxy) is 1. The Labute approximate surface area is 172 Å². The van der Waals surface area contributed by atoms with E-state index >= 15 is 0 Å². The van der Waals surface area contributed by atoms with Gasteiger partial charge in [0.25, 0.3) is 0 Å². The van der Waals surface area contributed by atoms with Crippen LogP contribution in [0.5, 0.6) is 5.75 Å². The van der Waals surface area contributed by atoms with Crippen molar-refractivity contribution in [1.82, 2.24) is 14.7 Å². The maximum atomic E-state index is 12.8. The molecule has 1 saturated heterocycles. The first-order valence-electron chi connectivity index (χ1n) is 10.5. The van der Waals surface area contributed by atoms with Crippen molar-refractivity contribution in [2.45, 2.75) is 51.7 Å². The van der Waals surface area contributed by atoms with E-state index in [1.807, 2.05) is 33.8 Å². The minimum Gasteiger partial charge on any atom is -0.482 e. The lowest BCUT2D eigenvalue weighted by Crippen LogP contribution is -2.50. The highest BCUT2D eigenvalue weighted by atomic mass is 16.5. The highest BCUT2D eigenvalue weighted by Gasteiger charge is 2.38. The van der Waals surface area contributed by atoms with E-state index in [2.05, 4.69) is 49.4 Å². The Bertz CT molecular complexity index is 894. The zero-order valence-corrected chi connectivity index (χ0v) is 17.5. The first-order valence-corrected chi connectivity index (χ1v) is 10.5. The minimum absolute atomic E-state index is 0.0708. The van der Waals surface area contributed by atoms with Crippen molar-refractivity contribution in [2.75, 3.05) is 18.4 Å². The summed E-state index contributed by atoms with van der Waals surface area (Å²) in [6.07, 6.45) is 8.64. The maximum Gasteiger partial charge on any atom is 0.323 e. The van der Waals surface area contributed by atoms with Crippen molar-refractivity contribution >= 4 is 17.9 Å². The summed E-state index contributed by atoms with van der Waals surface area (Å²) in [4.78, 5) is 14.7. The second-order valence-corrected chi connectivity index (χ2v) is 8.59. The molecule has 6 heteroatoms. The monoisotopic (exact) mass is 394 g/mol. The molecule has 0 aliphatic carbocycles.